The van der Waals surface area contributed by atoms with Crippen molar-refractivity contribution < 1.29 is 28.5 Å². The average Bonchev–Trinajstić information content (AvgIpc) is 1.52. The smallest absolute Gasteiger partial charge is 0.167 e. The summed E-state index contributed by atoms with van der Waals surface area (Å²) in [7, 11) is 0.0956. The van der Waals surface area contributed by atoms with Gasteiger partial charge in [-0.25, -0.2) is 0 Å². The highest BCUT2D eigenvalue weighted by Gasteiger charge is 2.36. The van der Waals surface area contributed by atoms with E-state index in [4.69, 9.17) is 4.52 Å². The van der Waals surface area contributed by atoms with E-state index in [1.54, 1.807) is 7.11 Å². The van der Waals surface area contributed by atoms with Crippen LogP contribution in [0.1, 0.15) is 178 Å². The molecule has 0 bridgehead atoms. The molecule has 10 aromatic rings. The van der Waals surface area contributed by atoms with Crippen LogP contribution in [0.3, 0.4) is 0 Å². The van der Waals surface area contributed by atoms with E-state index >= 15 is 0 Å². The summed E-state index contributed by atoms with van der Waals surface area (Å²) >= 11 is 0. The van der Waals surface area contributed by atoms with Gasteiger partial charge in [0.05, 0.1) is 8.15 Å². The molecule has 0 N–H and O–H groups in total. The maximum Gasteiger partial charge on any atom is 0.167 e. The lowest BCUT2D eigenvalue weighted by molar-refractivity contribution is 0.0927. The maximum absolute atomic E-state index is 12.8. The molecule has 0 fully saturated rings. The predicted octanol–water partition coefficient (Wildman–Crippen LogP) is 21.1. The van der Waals surface area contributed by atoms with Crippen molar-refractivity contribution in [2.75, 3.05) is 19.4 Å². The third kappa shape index (κ3) is 17.2. The number of ketones is 5. The van der Waals surface area contributed by atoms with Gasteiger partial charge in [-0.3, -0.25) is 24.0 Å². The van der Waals surface area contributed by atoms with Crippen molar-refractivity contribution in [3.05, 3.63) is 303 Å². The van der Waals surface area contributed by atoms with Crippen LogP contribution in [-0.2, 0) is 42.8 Å². The third-order valence-corrected chi connectivity index (χ3v) is 28.0. The highest BCUT2D eigenvalue weighted by molar-refractivity contribution is 7.80. The molecular formula is C93H99O6P3. The number of fused-ring (bicyclic) bond motifs is 5. The fraction of sp³-hybridized carbons (Fsp3) is 0.301. The first-order valence-corrected chi connectivity index (χ1v) is 41.6. The van der Waals surface area contributed by atoms with Gasteiger partial charge in [-0.1, -0.05) is 311 Å². The first kappa shape index (κ1) is 75.0. The Morgan fingerprint density at radius 3 is 1.15 bits per heavy atom. The number of rotatable bonds is 18. The second-order valence-electron chi connectivity index (χ2n) is 28.0. The van der Waals surface area contributed by atoms with Gasteiger partial charge in [-0.2, -0.15) is 0 Å². The van der Waals surface area contributed by atoms with Crippen molar-refractivity contribution in [3.8, 4) is 22.3 Å². The van der Waals surface area contributed by atoms with Gasteiger partial charge < -0.3 is 4.52 Å². The summed E-state index contributed by atoms with van der Waals surface area (Å²) in [5, 5.41) is 6.30. The Labute approximate surface area is 610 Å². The summed E-state index contributed by atoms with van der Waals surface area (Å²) in [4.78, 5) is 62.6. The van der Waals surface area contributed by atoms with Crippen LogP contribution in [0.2, 0.25) is 0 Å². The van der Waals surface area contributed by atoms with E-state index in [0.29, 0.717) is 23.1 Å². The average molecular weight is 1410 g/mol. The van der Waals surface area contributed by atoms with Crippen molar-refractivity contribution in [3.63, 3.8) is 0 Å². The van der Waals surface area contributed by atoms with Gasteiger partial charge in [0.2, 0.25) is 0 Å². The summed E-state index contributed by atoms with van der Waals surface area (Å²) in [6, 6.07) is 81.7. The first-order valence-electron chi connectivity index (χ1n) is 37.1. The number of unbranched alkanes of at least 4 members (excludes halogenated alkanes) is 2. The molecule has 10 aromatic carbocycles. The quantitative estimate of drug-likeness (QED) is 0.0795. The molecule has 0 aromatic heterocycles. The lowest BCUT2D eigenvalue weighted by Gasteiger charge is -2.21. The fourth-order valence-electron chi connectivity index (χ4n) is 15.2. The second kappa shape index (κ2) is 35.8. The summed E-state index contributed by atoms with van der Waals surface area (Å²) in [5.74, 6) is 2.40. The van der Waals surface area contributed by atoms with Crippen molar-refractivity contribution in [2.45, 2.75) is 132 Å². The fourth-order valence-corrected chi connectivity index (χ4v) is 22.4. The number of carbonyl (C=O) groups is 5. The minimum absolute atomic E-state index is 0.101. The molecule has 522 valence electrons. The molecule has 0 saturated heterocycles. The minimum atomic E-state index is -0.799. The Morgan fingerprint density at radius 1 is 0.363 bits per heavy atom. The van der Waals surface area contributed by atoms with E-state index in [0.717, 1.165) is 106 Å². The Hall–Kier alpha value is -8.20. The molecule has 0 aliphatic heterocycles. The normalized spacial score (nSPS) is 17.6. The van der Waals surface area contributed by atoms with Crippen LogP contribution in [0.15, 0.2) is 237 Å². The number of aryl methyl sites for hydroxylation is 1. The zero-order chi connectivity index (χ0) is 71.8. The monoisotopic (exact) mass is 1400 g/mol. The van der Waals surface area contributed by atoms with Crippen LogP contribution in [0, 0.1) is 36.5 Å². The Bertz CT molecular complexity index is 4480. The molecule has 15 rings (SSSR count). The molecule has 5 aliphatic rings. The summed E-state index contributed by atoms with van der Waals surface area (Å²) in [6.07, 6.45) is 14.9. The van der Waals surface area contributed by atoms with Gasteiger partial charge in [-0.15, -0.1) is 0 Å². The maximum atomic E-state index is 12.8. The summed E-state index contributed by atoms with van der Waals surface area (Å²) in [5.41, 5.74) is 18.0. The van der Waals surface area contributed by atoms with E-state index in [9.17, 15) is 24.0 Å². The highest BCUT2D eigenvalue weighted by Crippen LogP contribution is 2.45. The first-order chi connectivity index (χ1) is 49.7. The molecule has 0 radical (unpaired) electrons. The lowest BCUT2D eigenvalue weighted by atomic mass is 9.95. The van der Waals surface area contributed by atoms with E-state index in [2.05, 4.69) is 230 Å². The number of carbonyl (C=O) groups excluding carboxylic acids is 5. The molecule has 102 heavy (non-hydrogen) atoms. The Kier molecular flexibility index (Phi) is 26.3. The molecule has 0 heterocycles. The lowest BCUT2D eigenvalue weighted by Crippen LogP contribution is -2.25. The molecule has 0 spiro atoms. The Morgan fingerprint density at radius 2 is 0.725 bits per heavy atom. The van der Waals surface area contributed by atoms with Crippen LogP contribution in [0.5, 0.6) is 0 Å². The van der Waals surface area contributed by atoms with Crippen LogP contribution in [0.4, 0.5) is 0 Å². The van der Waals surface area contributed by atoms with Crippen molar-refractivity contribution >= 4 is 79.4 Å². The van der Waals surface area contributed by atoms with Crippen molar-refractivity contribution in [1.29, 1.82) is 0 Å². The number of hydrogen-bond acceptors (Lipinski definition) is 6. The van der Waals surface area contributed by atoms with Gasteiger partial charge in [-0.05, 0) is 162 Å². The number of Topliss-reactive ketones (excluding diaryl/α,β-unsaturated/α-hetero) is 5. The van der Waals surface area contributed by atoms with Crippen LogP contribution >= 0.6 is 24.0 Å². The molecule has 6 unspecified atom stereocenters. The van der Waals surface area contributed by atoms with E-state index in [1.807, 2.05) is 62.4 Å². The minimum Gasteiger partial charge on any atom is -0.357 e. The largest absolute Gasteiger partial charge is 0.357 e. The summed E-state index contributed by atoms with van der Waals surface area (Å²) in [6.45, 7) is 16.9. The molecule has 6 atom stereocenters. The van der Waals surface area contributed by atoms with E-state index < -0.39 is 16.1 Å². The van der Waals surface area contributed by atoms with Crippen LogP contribution < -0.4 is 26.5 Å². The van der Waals surface area contributed by atoms with Gasteiger partial charge in [0.1, 0.15) is 0 Å². The highest BCUT2D eigenvalue weighted by atomic mass is 31.1. The van der Waals surface area contributed by atoms with Gasteiger partial charge in [0.15, 0.2) is 28.9 Å². The van der Waals surface area contributed by atoms with Crippen molar-refractivity contribution in [1.82, 2.24) is 0 Å². The molecule has 6 nitrogen and oxygen atoms in total. The van der Waals surface area contributed by atoms with Gasteiger partial charge in [0, 0.05) is 76.0 Å². The third-order valence-electron chi connectivity index (χ3n) is 20.8. The zero-order valence-electron chi connectivity index (χ0n) is 61.1. The second-order valence-corrected chi connectivity index (χ2v) is 34.6. The molecule has 9 heteroatoms. The van der Waals surface area contributed by atoms with Gasteiger partial charge >= 0.3 is 0 Å². The van der Waals surface area contributed by atoms with Crippen LogP contribution in [-0.4, -0.2) is 48.3 Å². The van der Waals surface area contributed by atoms with Crippen LogP contribution in [0.25, 0.3) is 22.3 Å². The van der Waals surface area contributed by atoms with E-state index in [1.165, 1.54) is 98.2 Å². The standard InChI is InChI=1S/C22H19OP.C18H19O2P.C18H27OP.C18H18O.C17H16O/c1-16-15-17-9-8-14-20(21(17)22(16)23)24(18-10-4-2-5-11-18)19-12-6-3-7-13-19;1-13-11-15-9-6-10-16(17(15)18(13)19)21(20-2)12-14-7-4-3-5-8-14;1-4-6-11-20(12-7-5-2)16-10-8-9-15-13-14(3)18(19)17(15)16;1-3-13-11-15-5-4-6-16(17(15)18(13)19)14-9-7-12(2)8-10-14;1-2-12-11-14-9-6-10-15(16(14)17(12)18)13-7-4-3-5-8-13/h2-14,16H,15H2,1H3;3-10,13H,11-12H2,1-2H3;8-10,14H,4-7,11-13H2,1-3H3;4-10,13H,3,11H2,1-2H3;3-10,12H,2,11H2,1H3. The summed E-state index contributed by atoms with van der Waals surface area (Å²) < 4.78 is 5.76. The number of benzene rings is 10. The topological polar surface area (TPSA) is 94.6 Å². The van der Waals surface area contributed by atoms with Crippen molar-refractivity contribution in [2.24, 2.45) is 29.6 Å². The number of hydrogen-bond donors (Lipinski definition) is 0. The predicted molar refractivity (Wildman–Crippen MR) is 432 cm³/mol. The molecule has 0 amide bonds. The Balaban J connectivity index is 0.000000129. The molecule has 0 saturated carbocycles. The molecule has 5 aliphatic carbocycles. The zero-order valence-corrected chi connectivity index (χ0v) is 63.8. The van der Waals surface area contributed by atoms with E-state index in [-0.39, 0.29) is 43.3 Å². The van der Waals surface area contributed by atoms with Gasteiger partial charge in [0.25, 0.3) is 0 Å². The molecular weight excluding hydrogens is 1310 g/mol. The SMILES string of the molecule is CC1Cc2cccc(P(c3ccccc3)c3ccccc3)c2C1=O.CCC1Cc2cccc(-c3ccc(C)cc3)c2C1=O.CCC1Cc2cccc(-c3ccccc3)c2C1=O.CCCCP(CCCC)c1cccc2c1C(=O)C(C)C2.COP(Cc1ccccc1)c1cccc2c1C(=O)C(C)C2.